The summed E-state index contributed by atoms with van der Waals surface area (Å²) in [6.45, 7) is 0. The molecular formula is C25H21NO5. The molecule has 6 heteroatoms. The van der Waals surface area contributed by atoms with Gasteiger partial charge in [0.1, 0.15) is 16.7 Å². The molecule has 1 heterocycles. The number of amides is 1. The average Bonchev–Trinajstić information content (AvgIpc) is 2.81. The van der Waals surface area contributed by atoms with Gasteiger partial charge in [0, 0.05) is 5.56 Å². The van der Waals surface area contributed by atoms with Crippen LogP contribution in [0.5, 0.6) is 11.5 Å². The molecule has 1 aromatic heterocycles. The number of carbonyl (C=O) groups excluding carboxylic acids is 1. The third-order valence-corrected chi connectivity index (χ3v) is 4.91. The largest absolute Gasteiger partial charge is 0.493 e. The van der Waals surface area contributed by atoms with Crippen LogP contribution in [0.15, 0.2) is 82.0 Å². The minimum absolute atomic E-state index is 0.0613. The van der Waals surface area contributed by atoms with Crippen molar-refractivity contribution in [2.75, 3.05) is 19.5 Å². The topological polar surface area (TPSA) is 77.8 Å². The fourth-order valence-electron chi connectivity index (χ4n) is 3.47. The number of methoxy groups -OCH3 is 2. The van der Waals surface area contributed by atoms with Crippen molar-refractivity contribution in [2.24, 2.45) is 0 Å². The van der Waals surface area contributed by atoms with Crippen molar-refractivity contribution in [3.63, 3.8) is 0 Å². The molecule has 31 heavy (non-hydrogen) atoms. The second-order valence-electron chi connectivity index (χ2n) is 6.89. The Kier molecular flexibility index (Phi) is 5.71. The SMILES string of the molecule is COc1ccc2oc(-c3ccccc3)c(NC(=O)Cc3ccccc3)c(=O)c2c1OC. The Labute approximate surface area is 179 Å². The summed E-state index contributed by atoms with van der Waals surface area (Å²) in [5, 5.41) is 2.97. The molecule has 0 saturated heterocycles. The second-order valence-corrected chi connectivity index (χ2v) is 6.89. The first-order valence-corrected chi connectivity index (χ1v) is 9.73. The summed E-state index contributed by atoms with van der Waals surface area (Å²) in [4.78, 5) is 26.3. The Bertz CT molecular complexity index is 1280. The van der Waals surface area contributed by atoms with Crippen LogP contribution < -0.4 is 20.2 Å². The van der Waals surface area contributed by atoms with Gasteiger partial charge in [0.2, 0.25) is 11.3 Å². The van der Waals surface area contributed by atoms with Gasteiger partial charge >= 0.3 is 0 Å². The summed E-state index contributed by atoms with van der Waals surface area (Å²) >= 11 is 0. The average molecular weight is 415 g/mol. The van der Waals surface area contributed by atoms with E-state index in [1.54, 1.807) is 12.1 Å². The van der Waals surface area contributed by atoms with Crippen molar-refractivity contribution >= 4 is 22.6 Å². The van der Waals surface area contributed by atoms with Crippen molar-refractivity contribution in [1.82, 2.24) is 0 Å². The van der Waals surface area contributed by atoms with Crippen LogP contribution in [0.1, 0.15) is 5.56 Å². The number of fused-ring (bicyclic) bond motifs is 1. The van der Waals surface area contributed by atoms with Gasteiger partial charge in [-0.25, -0.2) is 0 Å². The molecule has 0 radical (unpaired) electrons. The van der Waals surface area contributed by atoms with E-state index >= 15 is 0 Å². The van der Waals surface area contributed by atoms with Gasteiger partial charge in [0.25, 0.3) is 0 Å². The summed E-state index contributed by atoms with van der Waals surface area (Å²) in [5.41, 5.74) is 1.50. The van der Waals surface area contributed by atoms with Crippen molar-refractivity contribution in [1.29, 1.82) is 0 Å². The fraction of sp³-hybridized carbons (Fsp3) is 0.120. The summed E-state index contributed by atoms with van der Waals surface area (Å²) in [6.07, 6.45) is 0.127. The molecule has 0 aliphatic heterocycles. The van der Waals surface area contributed by atoms with Crippen LogP contribution in [0.25, 0.3) is 22.3 Å². The Hall–Kier alpha value is -4.06. The predicted molar refractivity (Wildman–Crippen MR) is 120 cm³/mol. The summed E-state index contributed by atoms with van der Waals surface area (Å²) in [7, 11) is 2.95. The number of ether oxygens (including phenoxy) is 2. The molecule has 156 valence electrons. The van der Waals surface area contributed by atoms with Gasteiger partial charge in [-0.15, -0.1) is 0 Å². The quantitative estimate of drug-likeness (QED) is 0.496. The maximum atomic E-state index is 13.5. The third kappa shape index (κ3) is 4.00. The molecule has 0 spiro atoms. The molecule has 0 aliphatic rings. The van der Waals surface area contributed by atoms with Crippen LogP contribution in [-0.4, -0.2) is 20.1 Å². The van der Waals surface area contributed by atoms with Crippen LogP contribution in [0, 0.1) is 0 Å². The standard InChI is InChI=1S/C25H21NO5/c1-29-19-14-13-18-21(25(19)30-2)23(28)22(24(31-18)17-11-7-4-8-12-17)26-20(27)15-16-9-5-3-6-10-16/h3-14H,15H2,1-2H3,(H,26,27). The lowest BCUT2D eigenvalue weighted by Gasteiger charge is -2.14. The molecule has 0 atom stereocenters. The molecule has 4 aromatic rings. The van der Waals surface area contributed by atoms with Gasteiger partial charge in [-0.2, -0.15) is 0 Å². The van der Waals surface area contributed by atoms with E-state index in [9.17, 15) is 9.59 Å². The van der Waals surface area contributed by atoms with Crippen molar-refractivity contribution in [3.05, 3.63) is 88.6 Å². The molecule has 0 saturated carbocycles. The summed E-state index contributed by atoms with van der Waals surface area (Å²) in [5.74, 6) is 0.617. The minimum atomic E-state index is -0.405. The molecule has 0 fully saturated rings. The first-order chi connectivity index (χ1) is 15.1. The van der Waals surface area contributed by atoms with E-state index in [1.807, 2.05) is 60.7 Å². The van der Waals surface area contributed by atoms with E-state index in [2.05, 4.69) is 5.32 Å². The van der Waals surface area contributed by atoms with Crippen LogP contribution in [-0.2, 0) is 11.2 Å². The first kappa shape index (κ1) is 20.2. The molecule has 0 bridgehead atoms. The number of nitrogens with one attached hydrogen (secondary N) is 1. The van der Waals surface area contributed by atoms with Gasteiger partial charge in [0.05, 0.1) is 20.6 Å². The highest BCUT2D eigenvalue weighted by atomic mass is 16.5. The molecule has 6 nitrogen and oxygen atoms in total. The van der Waals surface area contributed by atoms with Crippen LogP contribution in [0.3, 0.4) is 0 Å². The van der Waals surface area contributed by atoms with E-state index in [0.29, 0.717) is 16.9 Å². The second kappa shape index (κ2) is 8.75. The zero-order valence-electron chi connectivity index (χ0n) is 17.2. The predicted octanol–water partition coefficient (Wildman–Crippen LogP) is 4.66. The number of benzene rings is 3. The van der Waals surface area contributed by atoms with E-state index in [0.717, 1.165) is 5.56 Å². The lowest BCUT2D eigenvalue weighted by molar-refractivity contribution is -0.115. The van der Waals surface area contributed by atoms with Crippen molar-refractivity contribution in [2.45, 2.75) is 6.42 Å². The van der Waals surface area contributed by atoms with Crippen LogP contribution in [0.4, 0.5) is 5.69 Å². The smallest absolute Gasteiger partial charge is 0.229 e. The normalized spacial score (nSPS) is 10.6. The maximum Gasteiger partial charge on any atom is 0.229 e. The highest BCUT2D eigenvalue weighted by Crippen LogP contribution is 2.37. The first-order valence-electron chi connectivity index (χ1n) is 9.73. The Morgan fingerprint density at radius 2 is 1.58 bits per heavy atom. The number of hydrogen-bond donors (Lipinski definition) is 1. The number of hydrogen-bond acceptors (Lipinski definition) is 5. The molecule has 4 rings (SSSR count). The monoisotopic (exact) mass is 415 g/mol. The Balaban J connectivity index is 1.89. The molecule has 1 N–H and O–H groups in total. The van der Waals surface area contributed by atoms with E-state index in [-0.39, 0.29) is 34.9 Å². The van der Waals surface area contributed by atoms with Crippen molar-refractivity contribution in [3.8, 4) is 22.8 Å². The fourth-order valence-corrected chi connectivity index (χ4v) is 3.47. The zero-order valence-corrected chi connectivity index (χ0v) is 17.2. The van der Waals surface area contributed by atoms with Gasteiger partial charge in [-0.3, -0.25) is 9.59 Å². The zero-order chi connectivity index (χ0) is 21.8. The lowest BCUT2D eigenvalue weighted by atomic mass is 10.1. The maximum absolute atomic E-state index is 13.5. The molecule has 1 amide bonds. The molecule has 3 aromatic carbocycles. The van der Waals surface area contributed by atoms with E-state index in [4.69, 9.17) is 13.9 Å². The van der Waals surface area contributed by atoms with E-state index < -0.39 is 5.43 Å². The van der Waals surface area contributed by atoms with Gasteiger partial charge in [-0.1, -0.05) is 60.7 Å². The van der Waals surface area contributed by atoms with Crippen LogP contribution in [0.2, 0.25) is 0 Å². The Morgan fingerprint density at radius 3 is 2.23 bits per heavy atom. The molecule has 0 aliphatic carbocycles. The highest BCUT2D eigenvalue weighted by molar-refractivity contribution is 5.99. The Morgan fingerprint density at radius 1 is 0.903 bits per heavy atom. The summed E-state index contributed by atoms with van der Waals surface area (Å²) in [6, 6.07) is 21.8. The van der Waals surface area contributed by atoms with Gasteiger partial charge in [0.15, 0.2) is 17.3 Å². The van der Waals surface area contributed by atoms with E-state index in [1.165, 1.54) is 14.2 Å². The molecular weight excluding hydrogens is 394 g/mol. The van der Waals surface area contributed by atoms with Gasteiger partial charge in [-0.05, 0) is 17.7 Å². The summed E-state index contributed by atoms with van der Waals surface area (Å²) < 4.78 is 16.9. The van der Waals surface area contributed by atoms with Crippen LogP contribution >= 0.6 is 0 Å². The number of anilines is 1. The van der Waals surface area contributed by atoms with Crippen molar-refractivity contribution < 1.29 is 18.7 Å². The molecule has 0 unspecified atom stereocenters. The highest BCUT2D eigenvalue weighted by Gasteiger charge is 2.22. The van der Waals surface area contributed by atoms with Gasteiger partial charge < -0.3 is 19.2 Å². The minimum Gasteiger partial charge on any atom is -0.493 e. The third-order valence-electron chi connectivity index (χ3n) is 4.91. The lowest BCUT2D eigenvalue weighted by Crippen LogP contribution is -2.21. The number of rotatable bonds is 6. The number of carbonyl (C=O) groups is 1.